The van der Waals surface area contributed by atoms with Gasteiger partial charge < -0.3 is 0 Å². The Bertz CT molecular complexity index is 1420. The molecule has 6 rings (SSSR count). The van der Waals surface area contributed by atoms with Crippen LogP contribution in [0.1, 0.15) is 32.6 Å². The highest BCUT2D eigenvalue weighted by atomic mass is 31.1. The van der Waals surface area contributed by atoms with Crippen molar-refractivity contribution in [3.8, 4) is 0 Å². The fraction of sp³-hybridized carbons (Fsp3) is 0.200. The van der Waals surface area contributed by atoms with Gasteiger partial charge in [-0.15, -0.1) is 0 Å². The van der Waals surface area contributed by atoms with Crippen molar-refractivity contribution in [2.75, 3.05) is 18.5 Å². The molecule has 6 aromatic carbocycles. The Morgan fingerprint density at radius 1 is 0.333 bits per heavy atom. The summed E-state index contributed by atoms with van der Waals surface area (Å²) in [5.74, 6) is 0. The molecule has 48 heavy (non-hydrogen) atoms. The van der Waals surface area contributed by atoms with Crippen molar-refractivity contribution in [3.63, 3.8) is 0 Å². The molecule has 242 valence electrons. The Hall–Kier alpha value is -3.39. The Morgan fingerprint density at radius 3 is 0.771 bits per heavy atom. The van der Waals surface area contributed by atoms with Crippen LogP contribution in [0.25, 0.3) is 0 Å². The van der Waals surface area contributed by atoms with Gasteiger partial charge in [-0.3, -0.25) is 0 Å². The normalized spacial score (nSPS) is 11.8. The van der Waals surface area contributed by atoms with Crippen LogP contribution in [0, 0.1) is 5.41 Å². The van der Waals surface area contributed by atoms with Crippen molar-refractivity contribution in [2.24, 2.45) is 5.41 Å². The molecule has 0 amide bonds. The smallest absolute Gasteiger partial charge is 0.0162 e. The van der Waals surface area contributed by atoms with Crippen LogP contribution >= 0.6 is 23.8 Å². The van der Waals surface area contributed by atoms with Crippen molar-refractivity contribution >= 4 is 55.6 Å². The number of unbranched alkanes of at least 4 members (excludes halogenated alkanes) is 2. The maximum Gasteiger partial charge on any atom is -0.0162 e. The minimum absolute atomic E-state index is 0.126. The minimum atomic E-state index is -0.576. The lowest BCUT2D eigenvalue weighted by Gasteiger charge is -2.43. The molecule has 0 spiro atoms. The molecule has 0 nitrogen and oxygen atoms in total. The van der Waals surface area contributed by atoms with Crippen LogP contribution in [-0.4, -0.2) is 18.5 Å². The predicted molar refractivity (Wildman–Crippen MR) is 218 cm³/mol. The van der Waals surface area contributed by atoms with Crippen molar-refractivity contribution in [3.05, 3.63) is 182 Å². The van der Waals surface area contributed by atoms with E-state index in [-0.39, 0.29) is 5.41 Å². The van der Waals surface area contributed by atoms with Crippen LogP contribution in [0.3, 0.4) is 0 Å². The van der Waals surface area contributed by atoms with Gasteiger partial charge in [-0.1, -0.05) is 208 Å². The van der Waals surface area contributed by atoms with E-state index in [1.807, 2.05) is 0 Å². The van der Waals surface area contributed by atoms with Crippen LogP contribution in [-0.2, 0) is 0 Å². The van der Waals surface area contributed by atoms with Gasteiger partial charge in [0.2, 0.25) is 0 Å². The van der Waals surface area contributed by atoms with Crippen molar-refractivity contribution < 1.29 is 0 Å². The molecule has 0 aliphatic rings. The van der Waals surface area contributed by atoms with Crippen molar-refractivity contribution in [1.29, 1.82) is 0 Å². The molecule has 0 bridgehead atoms. The number of hydrogen-bond donors (Lipinski definition) is 0. The third-order valence-electron chi connectivity index (χ3n) is 9.20. The van der Waals surface area contributed by atoms with E-state index in [0.29, 0.717) is 0 Å². The van der Waals surface area contributed by atoms with E-state index in [4.69, 9.17) is 0 Å². The van der Waals surface area contributed by atoms with Gasteiger partial charge >= 0.3 is 0 Å². The highest BCUT2D eigenvalue weighted by molar-refractivity contribution is 7.75. The summed E-state index contributed by atoms with van der Waals surface area (Å²) in [7, 11) is -1.73. The van der Waals surface area contributed by atoms with Gasteiger partial charge in [0.15, 0.2) is 0 Å². The van der Waals surface area contributed by atoms with E-state index in [2.05, 4.69) is 189 Å². The lowest BCUT2D eigenvalue weighted by molar-refractivity contribution is 0.380. The van der Waals surface area contributed by atoms with Crippen LogP contribution < -0.4 is 31.8 Å². The Balaban J connectivity index is 1.54. The van der Waals surface area contributed by atoms with Crippen molar-refractivity contribution in [1.82, 2.24) is 0 Å². The number of benzene rings is 6. The van der Waals surface area contributed by atoms with Gasteiger partial charge in [0.1, 0.15) is 0 Å². The molecular weight excluding hydrogens is 633 g/mol. The van der Waals surface area contributed by atoms with Gasteiger partial charge in [-0.25, -0.2) is 0 Å². The molecular formula is C45H47P3. The van der Waals surface area contributed by atoms with Gasteiger partial charge in [0, 0.05) is 0 Å². The first-order valence-corrected chi connectivity index (χ1v) is 22.0. The average Bonchev–Trinajstić information content (AvgIpc) is 3.17. The molecule has 0 heterocycles. The number of hydrogen-bond acceptors (Lipinski definition) is 0. The quantitative estimate of drug-likeness (QED) is 0.0706. The van der Waals surface area contributed by atoms with Crippen LogP contribution in [0.15, 0.2) is 182 Å². The van der Waals surface area contributed by atoms with Gasteiger partial charge in [-0.2, -0.15) is 0 Å². The summed E-state index contributed by atoms with van der Waals surface area (Å²) >= 11 is 0. The zero-order valence-corrected chi connectivity index (χ0v) is 30.8. The van der Waals surface area contributed by atoms with Crippen LogP contribution in [0.2, 0.25) is 0 Å². The molecule has 0 atom stereocenters. The molecule has 0 N–H and O–H groups in total. The molecule has 0 saturated carbocycles. The third kappa shape index (κ3) is 9.19. The molecule has 0 aromatic heterocycles. The second kappa shape index (κ2) is 17.8. The summed E-state index contributed by atoms with van der Waals surface area (Å²) in [6, 6.07) is 68.7. The van der Waals surface area contributed by atoms with Gasteiger partial charge in [0.25, 0.3) is 0 Å². The topological polar surface area (TPSA) is 0 Å². The summed E-state index contributed by atoms with van der Waals surface area (Å²) in [5.41, 5.74) is 0.126. The fourth-order valence-electron chi connectivity index (χ4n) is 6.79. The van der Waals surface area contributed by atoms with Crippen molar-refractivity contribution in [2.45, 2.75) is 32.6 Å². The Labute approximate surface area is 293 Å². The zero-order valence-electron chi connectivity index (χ0n) is 28.1. The molecule has 0 radical (unpaired) electrons. The standard InChI is InChI=1S/C45H47P3/c1-2-3-22-35-45(36-46(39-23-10-4-11-24-39)40-25-12-5-13-26-40,37-47(41-27-14-6-15-28-41)42-29-16-7-17-30-42)38-48(43-31-18-8-19-32-43)44-33-20-9-21-34-44/h4-21,23-34H,2-3,22,35-38H2,1H3. The molecule has 0 aliphatic heterocycles. The predicted octanol–water partition coefficient (Wildman–Crippen LogP) is 9.95. The van der Waals surface area contributed by atoms with E-state index >= 15 is 0 Å². The largest absolute Gasteiger partial charge is 0.0654 e. The molecule has 0 saturated heterocycles. The van der Waals surface area contributed by atoms with Gasteiger partial charge in [0.05, 0.1) is 0 Å². The lowest BCUT2D eigenvalue weighted by atomic mass is 9.88. The van der Waals surface area contributed by atoms with E-state index < -0.39 is 23.8 Å². The van der Waals surface area contributed by atoms with Crippen LogP contribution in [0.4, 0.5) is 0 Å². The fourth-order valence-corrected chi connectivity index (χ4v) is 15.7. The maximum atomic E-state index is 2.39. The summed E-state index contributed by atoms with van der Waals surface area (Å²) in [6.45, 7) is 2.35. The second-order valence-corrected chi connectivity index (χ2v) is 19.3. The first-order valence-electron chi connectivity index (χ1n) is 17.4. The monoisotopic (exact) mass is 680 g/mol. The highest BCUT2D eigenvalue weighted by Gasteiger charge is 2.39. The first kappa shape index (κ1) is 34.5. The maximum absolute atomic E-state index is 2.39. The summed E-state index contributed by atoms with van der Waals surface area (Å²) in [4.78, 5) is 0. The Morgan fingerprint density at radius 2 is 0.562 bits per heavy atom. The third-order valence-corrected chi connectivity index (χ3v) is 17.7. The molecule has 3 heteroatoms. The van der Waals surface area contributed by atoms with E-state index in [0.717, 1.165) is 0 Å². The summed E-state index contributed by atoms with van der Waals surface area (Å²) in [5, 5.41) is 8.95. The zero-order chi connectivity index (χ0) is 32.9. The summed E-state index contributed by atoms with van der Waals surface area (Å²) < 4.78 is 0. The van der Waals surface area contributed by atoms with E-state index in [9.17, 15) is 0 Å². The summed E-state index contributed by atoms with van der Waals surface area (Å²) in [6.07, 6.45) is 8.60. The highest BCUT2D eigenvalue weighted by Crippen LogP contribution is 2.54. The van der Waals surface area contributed by atoms with Gasteiger partial charge in [-0.05, 0) is 85.9 Å². The molecule has 0 aliphatic carbocycles. The first-order chi connectivity index (χ1) is 23.7. The van der Waals surface area contributed by atoms with Crippen LogP contribution in [0.5, 0.6) is 0 Å². The molecule has 0 fully saturated rings. The second-order valence-electron chi connectivity index (χ2n) is 12.7. The van der Waals surface area contributed by atoms with E-state index in [1.165, 1.54) is 76.0 Å². The van der Waals surface area contributed by atoms with E-state index in [1.54, 1.807) is 0 Å². The molecule has 0 unspecified atom stereocenters. The molecule has 6 aromatic rings. The SMILES string of the molecule is CCCCCC(CP(c1ccccc1)c1ccccc1)(CP(c1ccccc1)c1ccccc1)CP(c1ccccc1)c1ccccc1. The average molecular weight is 681 g/mol. The Kier molecular flexibility index (Phi) is 12.8. The minimum Gasteiger partial charge on any atom is -0.0654 e. The number of rotatable bonds is 16. The lowest BCUT2D eigenvalue weighted by Crippen LogP contribution is -2.39.